The van der Waals surface area contributed by atoms with E-state index in [4.69, 9.17) is 0 Å². The lowest BCUT2D eigenvalue weighted by atomic mass is 10.1. The molecule has 0 aliphatic carbocycles. The van der Waals surface area contributed by atoms with Gasteiger partial charge in [-0.2, -0.15) is 0 Å². The van der Waals surface area contributed by atoms with Crippen LogP contribution in [0.2, 0.25) is 0 Å². The van der Waals surface area contributed by atoms with Crippen LogP contribution >= 0.6 is 0 Å². The number of carbonyl (C=O) groups is 1. The van der Waals surface area contributed by atoms with Crippen LogP contribution in [0.1, 0.15) is 29.8 Å². The van der Waals surface area contributed by atoms with Crippen LogP contribution in [0.4, 0.5) is 0 Å². The van der Waals surface area contributed by atoms with Crippen LogP contribution in [0.5, 0.6) is 0 Å². The van der Waals surface area contributed by atoms with Crippen molar-refractivity contribution < 1.29 is 13.2 Å². The topological polar surface area (TPSA) is 57.7 Å². The number of aryl methyl sites for hydroxylation is 1. The van der Waals surface area contributed by atoms with Gasteiger partial charge in [-0.3, -0.25) is 4.79 Å². The fraction of sp³-hybridized carbons (Fsp3) is 0.500. The van der Waals surface area contributed by atoms with Gasteiger partial charge in [-0.05, 0) is 38.5 Å². The van der Waals surface area contributed by atoms with Gasteiger partial charge in [0, 0.05) is 32.7 Å². The molecule has 20 heavy (non-hydrogen) atoms. The maximum atomic E-state index is 12.4. The Kier molecular flexibility index (Phi) is 5.30. The number of benzene rings is 1. The highest BCUT2D eigenvalue weighted by molar-refractivity contribution is 7.89. The SMILES string of the molecule is CCN(CC)C(=O)c1cc(S(=O)(=O)N(C)C)ccc1C. The second-order valence-corrected chi connectivity index (χ2v) is 6.89. The summed E-state index contributed by atoms with van der Waals surface area (Å²) in [6.45, 7) is 6.80. The molecule has 0 atom stereocenters. The van der Waals surface area contributed by atoms with Gasteiger partial charge in [0.2, 0.25) is 10.0 Å². The standard InChI is InChI=1S/C14H22N2O3S/c1-6-16(7-2)14(17)13-10-12(9-8-11(13)3)20(18,19)15(4)5/h8-10H,6-7H2,1-5H3. The third-order valence-electron chi connectivity index (χ3n) is 3.27. The van der Waals surface area contributed by atoms with Crippen molar-refractivity contribution >= 4 is 15.9 Å². The van der Waals surface area contributed by atoms with Crippen LogP contribution in [-0.2, 0) is 10.0 Å². The molecule has 0 saturated heterocycles. The molecule has 0 N–H and O–H groups in total. The van der Waals surface area contributed by atoms with Crippen LogP contribution in [0.25, 0.3) is 0 Å². The van der Waals surface area contributed by atoms with Gasteiger partial charge in [0.1, 0.15) is 0 Å². The van der Waals surface area contributed by atoms with Gasteiger partial charge < -0.3 is 4.90 Å². The normalized spacial score (nSPS) is 11.7. The van der Waals surface area contributed by atoms with Gasteiger partial charge in [0.25, 0.3) is 5.91 Å². The maximum absolute atomic E-state index is 12.4. The molecule has 0 fully saturated rings. The van der Waals surface area contributed by atoms with Gasteiger partial charge in [-0.1, -0.05) is 6.07 Å². The van der Waals surface area contributed by atoms with Gasteiger partial charge >= 0.3 is 0 Å². The fourth-order valence-electron chi connectivity index (χ4n) is 1.88. The highest BCUT2D eigenvalue weighted by atomic mass is 32.2. The van der Waals surface area contributed by atoms with Crippen molar-refractivity contribution in [3.63, 3.8) is 0 Å². The zero-order chi connectivity index (χ0) is 15.5. The zero-order valence-electron chi connectivity index (χ0n) is 12.7. The first kappa shape index (κ1) is 16.7. The Morgan fingerprint density at radius 1 is 1.15 bits per heavy atom. The van der Waals surface area contributed by atoms with E-state index in [0.29, 0.717) is 18.7 Å². The molecule has 0 bridgehead atoms. The average Bonchev–Trinajstić information content (AvgIpc) is 2.39. The molecule has 1 amide bonds. The van der Waals surface area contributed by atoms with E-state index in [2.05, 4.69) is 0 Å². The number of hydrogen-bond acceptors (Lipinski definition) is 3. The highest BCUT2D eigenvalue weighted by Gasteiger charge is 2.21. The number of sulfonamides is 1. The van der Waals surface area contributed by atoms with E-state index < -0.39 is 10.0 Å². The Hall–Kier alpha value is -1.40. The third-order valence-corrected chi connectivity index (χ3v) is 5.08. The van der Waals surface area contributed by atoms with E-state index in [-0.39, 0.29) is 10.8 Å². The van der Waals surface area contributed by atoms with Crippen molar-refractivity contribution in [2.24, 2.45) is 0 Å². The molecule has 1 aromatic rings. The Bertz CT molecular complexity index is 590. The average molecular weight is 298 g/mol. The van der Waals surface area contributed by atoms with Gasteiger partial charge in [0.05, 0.1) is 4.90 Å². The van der Waals surface area contributed by atoms with Crippen molar-refractivity contribution in [1.82, 2.24) is 9.21 Å². The Morgan fingerprint density at radius 3 is 2.15 bits per heavy atom. The maximum Gasteiger partial charge on any atom is 0.254 e. The smallest absolute Gasteiger partial charge is 0.254 e. The first-order chi connectivity index (χ1) is 9.25. The second-order valence-electron chi connectivity index (χ2n) is 4.74. The lowest BCUT2D eigenvalue weighted by Crippen LogP contribution is -2.31. The first-order valence-electron chi connectivity index (χ1n) is 6.58. The lowest BCUT2D eigenvalue weighted by Gasteiger charge is -2.20. The minimum Gasteiger partial charge on any atom is -0.339 e. The van der Waals surface area contributed by atoms with Crippen LogP contribution in [0.15, 0.2) is 23.1 Å². The van der Waals surface area contributed by atoms with Crippen LogP contribution in [0.3, 0.4) is 0 Å². The van der Waals surface area contributed by atoms with E-state index in [9.17, 15) is 13.2 Å². The van der Waals surface area contributed by atoms with Crippen molar-refractivity contribution in [3.8, 4) is 0 Å². The first-order valence-corrected chi connectivity index (χ1v) is 8.02. The molecule has 0 aliphatic rings. The van der Waals surface area contributed by atoms with Crippen molar-refractivity contribution in [3.05, 3.63) is 29.3 Å². The second kappa shape index (κ2) is 6.37. The molecule has 1 aromatic carbocycles. The quantitative estimate of drug-likeness (QED) is 0.832. The van der Waals surface area contributed by atoms with Crippen LogP contribution in [-0.4, -0.2) is 50.7 Å². The summed E-state index contributed by atoms with van der Waals surface area (Å²) in [4.78, 5) is 14.2. The van der Waals surface area contributed by atoms with Crippen molar-refractivity contribution in [1.29, 1.82) is 0 Å². The summed E-state index contributed by atoms with van der Waals surface area (Å²) in [5.41, 5.74) is 1.22. The monoisotopic (exact) mass is 298 g/mol. The van der Waals surface area contributed by atoms with Gasteiger partial charge in [0.15, 0.2) is 0 Å². The number of carbonyl (C=O) groups excluding carboxylic acids is 1. The minimum absolute atomic E-state index is 0.136. The van der Waals surface area contributed by atoms with Crippen LogP contribution in [0, 0.1) is 6.92 Å². The van der Waals surface area contributed by atoms with Crippen molar-refractivity contribution in [2.75, 3.05) is 27.2 Å². The van der Waals surface area contributed by atoms with Gasteiger partial charge in [-0.25, -0.2) is 12.7 Å². The summed E-state index contributed by atoms with van der Waals surface area (Å²) >= 11 is 0. The van der Waals surface area contributed by atoms with E-state index >= 15 is 0 Å². The van der Waals surface area contributed by atoms with E-state index in [1.165, 1.54) is 26.2 Å². The molecule has 0 heterocycles. The van der Waals surface area contributed by atoms with E-state index in [1.807, 2.05) is 20.8 Å². The molecule has 112 valence electrons. The highest BCUT2D eigenvalue weighted by Crippen LogP contribution is 2.19. The molecule has 0 aromatic heterocycles. The predicted molar refractivity (Wildman–Crippen MR) is 79.3 cm³/mol. The lowest BCUT2D eigenvalue weighted by molar-refractivity contribution is 0.0772. The molecule has 0 saturated carbocycles. The van der Waals surface area contributed by atoms with E-state index in [0.717, 1.165) is 9.87 Å². The summed E-state index contributed by atoms with van der Waals surface area (Å²) in [6, 6.07) is 4.67. The molecular weight excluding hydrogens is 276 g/mol. The zero-order valence-corrected chi connectivity index (χ0v) is 13.5. The predicted octanol–water partition coefficient (Wildman–Crippen LogP) is 1.73. The Labute approximate surface area is 121 Å². The summed E-state index contributed by atoms with van der Waals surface area (Å²) in [7, 11) is -0.580. The molecule has 1 rings (SSSR count). The molecule has 6 heteroatoms. The summed E-state index contributed by atoms with van der Waals surface area (Å²) in [5.74, 6) is -0.136. The molecule has 5 nitrogen and oxygen atoms in total. The Balaban J connectivity index is 3.33. The third kappa shape index (κ3) is 3.19. The largest absolute Gasteiger partial charge is 0.339 e. The summed E-state index contributed by atoms with van der Waals surface area (Å²) < 4.78 is 25.4. The molecule has 0 aliphatic heterocycles. The number of rotatable bonds is 5. The molecule has 0 spiro atoms. The van der Waals surface area contributed by atoms with E-state index in [1.54, 1.807) is 11.0 Å². The Morgan fingerprint density at radius 2 is 1.70 bits per heavy atom. The number of hydrogen-bond donors (Lipinski definition) is 0. The number of nitrogens with zero attached hydrogens (tertiary/aromatic N) is 2. The fourth-order valence-corrected chi connectivity index (χ4v) is 2.81. The van der Waals surface area contributed by atoms with Gasteiger partial charge in [-0.15, -0.1) is 0 Å². The molecule has 0 radical (unpaired) electrons. The summed E-state index contributed by atoms with van der Waals surface area (Å²) in [5, 5.41) is 0. The number of amides is 1. The van der Waals surface area contributed by atoms with Crippen molar-refractivity contribution in [2.45, 2.75) is 25.7 Å². The minimum atomic E-state index is -3.53. The summed E-state index contributed by atoms with van der Waals surface area (Å²) in [6.07, 6.45) is 0. The molecular formula is C14H22N2O3S. The molecule has 0 unspecified atom stereocenters. The van der Waals surface area contributed by atoms with Crippen LogP contribution < -0.4 is 0 Å².